The van der Waals surface area contributed by atoms with Gasteiger partial charge in [-0.3, -0.25) is 4.68 Å². The van der Waals surface area contributed by atoms with Crippen LogP contribution in [0.15, 0.2) is 22.8 Å². The molecule has 0 aliphatic carbocycles. The Kier molecular flexibility index (Phi) is 3.86. The number of halogens is 1. The molecule has 1 aromatic heterocycles. The molecule has 0 bridgehead atoms. The normalized spacial score (nSPS) is 10.4. The fraction of sp³-hybridized carbons (Fsp3) is 0.333. The van der Waals surface area contributed by atoms with Crippen LogP contribution in [-0.2, 0) is 6.54 Å². The van der Waals surface area contributed by atoms with Crippen LogP contribution in [0.25, 0.3) is 11.3 Å². The molecule has 0 aliphatic rings. The first-order valence-corrected chi connectivity index (χ1v) is 6.31. The van der Waals surface area contributed by atoms with Crippen molar-refractivity contribution < 1.29 is 9.47 Å². The number of hydrogen-bond donors (Lipinski definition) is 0. The number of benzene rings is 1. The summed E-state index contributed by atoms with van der Waals surface area (Å²) in [6.07, 6.45) is 1.87. The quantitative estimate of drug-likeness (QED) is 0.871. The highest BCUT2D eigenvalue weighted by Crippen LogP contribution is 2.39. The van der Waals surface area contributed by atoms with Gasteiger partial charge in [0.05, 0.1) is 26.0 Å². The van der Waals surface area contributed by atoms with Crippen molar-refractivity contribution in [1.82, 2.24) is 15.0 Å². The van der Waals surface area contributed by atoms with Gasteiger partial charge in [-0.1, -0.05) is 21.1 Å². The lowest BCUT2D eigenvalue weighted by atomic mass is 10.1. The Hall–Kier alpha value is -1.56. The van der Waals surface area contributed by atoms with Crippen LogP contribution in [0.3, 0.4) is 0 Å². The van der Waals surface area contributed by atoms with E-state index in [9.17, 15) is 0 Å². The average Bonchev–Trinajstić information content (AvgIpc) is 2.85. The van der Waals surface area contributed by atoms with Gasteiger partial charge in [0.2, 0.25) is 0 Å². The van der Waals surface area contributed by atoms with Gasteiger partial charge in [-0.15, -0.1) is 5.10 Å². The van der Waals surface area contributed by atoms with E-state index in [1.807, 2.05) is 25.3 Å². The molecular formula is C12H14BrN3O2. The van der Waals surface area contributed by atoms with Crippen LogP contribution in [0.4, 0.5) is 0 Å². The van der Waals surface area contributed by atoms with Crippen molar-refractivity contribution in [1.29, 1.82) is 0 Å². The maximum absolute atomic E-state index is 5.38. The summed E-state index contributed by atoms with van der Waals surface area (Å²) in [6, 6.07) is 3.76. The van der Waals surface area contributed by atoms with Crippen molar-refractivity contribution in [2.24, 2.45) is 0 Å². The number of aromatic nitrogens is 3. The first-order valence-electron chi connectivity index (χ1n) is 5.51. The van der Waals surface area contributed by atoms with E-state index < -0.39 is 0 Å². The zero-order valence-corrected chi connectivity index (χ0v) is 12.1. The summed E-state index contributed by atoms with van der Waals surface area (Å²) in [5, 5.41) is 8.17. The van der Waals surface area contributed by atoms with E-state index in [-0.39, 0.29) is 0 Å². The summed E-state index contributed by atoms with van der Waals surface area (Å²) in [7, 11) is 3.24. The molecule has 0 fully saturated rings. The highest BCUT2D eigenvalue weighted by atomic mass is 79.9. The van der Waals surface area contributed by atoms with E-state index in [0.29, 0.717) is 11.5 Å². The topological polar surface area (TPSA) is 49.2 Å². The largest absolute Gasteiger partial charge is 0.496 e. The molecule has 1 aromatic carbocycles. The smallest absolute Gasteiger partial charge is 0.133 e. The number of nitrogens with zero attached hydrogens (tertiary/aromatic N) is 3. The summed E-state index contributed by atoms with van der Waals surface area (Å²) in [5.41, 5.74) is 1.54. The lowest BCUT2D eigenvalue weighted by molar-refractivity contribution is 0.396. The molecule has 0 amide bonds. The van der Waals surface area contributed by atoms with Gasteiger partial charge in [-0.05, 0) is 19.1 Å². The highest BCUT2D eigenvalue weighted by Gasteiger charge is 2.17. The Morgan fingerprint density at radius 3 is 2.28 bits per heavy atom. The van der Waals surface area contributed by atoms with E-state index in [4.69, 9.17) is 9.47 Å². The minimum Gasteiger partial charge on any atom is -0.496 e. The van der Waals surface area contributed by atoms with Crippen molar-refractivity contribution >= 4 is 15.9 Å². The van der Waals surface area contributed by atoms with Gasteiger partial charge in [0.15, 0.2) is 0 Å². The molecule has 18 heavy (non-hydrogen) atoms. The average molecular weight is 312 g/mol. The van der Waals surface area contributed by atoms with Crippen LogP contribution in [0.2, 0.25) is 0 Å². The van der Waals surface area contributed by atoms with E-state index in [1.165, 1.54) is 0 Å². The lowest BCUT2D eigenvalue weighted by Crippen LogP contribution is -1.94. The molecule has 5 nitrogen and oxygen atoms in total. The van der Waals surface area contributed by atoms with Crippen molar-refractivity contribution in [3.05, 3.63) is 22.8 Å². The SMILES string of the molecule is CCn1cc(-c2c(OC)cc(Br)cc2OC)nn1. The minimum absolute atomic E-state index is 0.698. The van der Waals surface area contributed by atoms with E-state index >= 15 is 0 Å². The molecule has 0 N–H and O–H groups in total. The van der Waals surface area contributed by atoms with E-state index in [2.05, 4.69) is 26.2 Å². The molecule has 0 spiro atoms. The number of hydrogen-bond acceptors (Lipinski definition) is 4. The molecular weight excluding hydrogens is 298 g/mol. The third kappa shape index (κ3) is 2.33. The number of methoxy groups -OCH3 is 2. The van der Waals surface area contributed by atoms with Crippen LogP contribution in [0.5, 0.6) is 11.5 Å². The van der Waals surface area contributed by atoms with Gasteiger partial charge >= 0.3 is 0 Å². The standard InChI is InChI=1S/C12H14BrN3O2/c1-4-16-7-9(14-15-16)12-10(17-2)5-8(13)6-11(12)18-3/h5-7H,4H2,1-3H3. The Morgan fingerprint density at radius 1 is 1.22 bits per heavy atom. The summed E-state index contributed by atoms with van der Waals surface area (Å²) >= 11 is 3.42. The fourth-order valence-corrected chi connectivity index (χ4v) is 2.12. The fourth-order valence-electron chi connectivity index (χ4n) is 1.70. The van der Waals surface area contributed by atoms with Gasteiger partial charge in [-0.2, -0.15) is 0 Å². The Balaban J connectivity index is 2.60. The van der Waals surface area contributed by atoms with Crippen LogP contribution in [0.1, 0.15) is 6.92 Å². The first-order chi connectivity index (χ1) is 8.69. The summed E-state index contributed by atoms with van der Waals surface area (Å²) in [5.74, 6) is 1.40. The number of aryl methyl sites for hydroxylation is 1. The van der Waals surface area contributed by atoms with Gasteiger partial charge in [0.25, 0.3) is 0 Å². The van der Waals surface area contributed by atoms with Gasteiger partial charge in [0, 0.05) is 11.0 Å². The van der Waals surface area contributed by atoms with Crippen LogP contribution in [-0.4, -0.2) is 29.2 Å². The van der Waals surface area contributed by atoms with E-state index in [1.54, 1.807) is 18.9 Å². The minimum atomic E-state index is 0.698. The number of rotatable bonds is 4. The van der Waals surface area contributed by atoms with Crippen molar-refractivity contribution in [2.45, 2.75) is 13.5 Å². The third-order valence-electron chi connectivity index (χ3n) is 2.59. The molecule has 0 saturated heterocycles. The predicted molar refractivity (Wildman–Crippen MR) is 71.9 cm³/mol. The van der Waals surface area contributed by atoms with Gasteiger partial charge in [0.1, 0.15) is 17.2 Å². The molecule has 0 unspecified atom stereocenters. The second-order valence-corrected chi connectivity index (χ2v) is 4.56. The molecule has 0 aliphatic heterocycles. The molecule has 2 rings (SSSR count). The summed E-state index contributed by atoms with van der Waals surface area (Å²) in [4.78, 5) is 0. The zero-order valence-electron chi connectivity index (χ0n) is 10.5. The second-order valence-electron chi connectivity index (χ2n) is 3.64. The second kappa shape index (κ2) is 5.39. The van der Waals surface area contributed by atoms with Gasteiger partial charge < -0.3 is 9.47 Å². The Bertz CT molecular complexity index is 529. The summed E-state index contributed by atoms with van der Waals surface area (Å²) in [6.45, 7) is 2.78. The van der Waals surface area contributed by atoms with Gasteiger partial charge in [-0.25, -0.2) is 0 Å². The maximum Gasteiger partial charge on any atom is 0.133 e. The monoisotopic (exact) mass is 311 g/mol. The molecule has 2 aromatic rings. The maximum atomic E-state index is 5.38. The molecule has 1 heterocycles. The van der Waals surface area contributed by atoms with Crippen molar-refractivity contribution in [3.8, 4) is 22.8 Å². The van der Waals surface area contributed by atoms with Crippen LogP contribution in [0, 0.1) is 0 Å². The van der Waals surface area contributed by atoms with E-state index in [0.717, 1.165) is 22.3 Å². The molecule has 96 valence electrons. The zero-order chi connectivity index (χ0) is 13.1. The highest BCUT2D eigenvalue weighted by molar-refractivity contribution is 9.10. The van der Waals surface area contributed by atoms with Crippen LogP contribution < -0.4 is 9.47 Å². The first kappa shape index (κ1) is 12.9. The summed E-state index contributed by atoms with van der Waals surface area (Å²) < 4.78 is 13.4. The Morgan fingerprint density at radius 2 is 1.83 bits per heavy atom. The lowest BCUT2D eigenvalue weighted by Gasteiger charge is -2.11. The molecule has 6 heteroatoms. The predicted octanol–water partition coefficient (Wildman–Crippen LogP) is 2.74. The number of ether oxygens (including phenoxy) is 2. The molecule has 0 radical (unpaired) electrons. The molecule has 0 saturated carbocycles. The van der Waals surface area contributed by atoms with Crippen molar-refractivity contribution in [3.63, 3.8) is 0 Å². The molecule has 0 atom stereocenters. The van der Waals surface area contributed by atoms with Crippen LogP contribution >= 0.6 is 15.9 Å². The Labute approximate surface area is 114 Å². The van der Waals surface area contributed by atoms with Crippen molar-refractivity contribution in [2.75, 3.05) is 14.2 Å². The third-order valence-corrected chi connectivity index (χ3v) is 3.05.